The Morgan fingerprint density at radius 2 is 1.97 bits per heavy atom. The van der Waals surface area contributed by atoms with Gasteiger partial charge in [0.15, 0.2) is 11.9 Å². The SMILES string of the molecule is Nc1cccc(F)c1C(=O)NS(=O)(=O)OC[C@H]1O[C@@H](n2cnc3c(N)ccnc32)[C@H](O)[C@@H]1O. The Balaban J connectivity index is 1.45. The van der Waals surface area contributed by atoms with Crippen molar-refractivity contribution < 1.29 is 36.7 Å². The van der Waals surface area contributed by atoms with Crippen LogP contribution in [0.25, 0.3) is 11.2 Å². The number of halogens is 1. The summed E-state index contributed by atoms with van der Waals surface area (Å²) in [5.74, 6) is -2.37. The number of hydrogen-bond acceptors (Lipinski definition) is 11. The highest BCUT2D eigenvalue weighted by atomic mass is 32.2. The Bertz CT molecular complexity index is 1300. The monoisotopic (exact) mass is 482 g/mol. The van der Waals surface area contributed by atoms with E-state index >= 15 is 0 Å². The highest BCUT2D eigenvalue weighted by molar-refractivity contribution is 7.85. The second-order valence-corrected chi connectivity index (χ2v) is 8.49. The van der Waals surface area contributed by atoms with Crippen molar-refractivity contribution in [3.8, 4) is 0 Å². The van der Waals surface area contributed by atoms with Gasteiger partial charge in [0.25, 0.3) is 5.91 Å². The summed E-state index contributed by atoms with van der Waals surface area (Å²) in [6.07, 6.45) is -2.81. The number of carbonyl (C=O) groups is 1. The summed E-state index contributed by atoms with van der Waals surface area (Å²) < 4.78 is 51.2. The highest BCUT2D eigenvalue weighted by Gasteiger charge is 2.45. The molecule has 4 rings (SSSR count). The number of nitrogens with two attached hydrogens (primary N) is 2. The van der Waals surface area contributed by atoms with E-state index in [0.717, 1.165) is 6.07 Å². The molecule has 1 amide bonds. The molecule has 3 heterocycles. The molecule has 3 aromatic rings. The summed E-state index contributed by atoms with van der Waals surface area (Å²) in [7, 11) is -4.74. The van der Waals surface area contributed by atoms with E-state index in [4.69, 9.17) is 20.4 Å². The minimum atomic E-state index is -4.74. The van der Waals surface area contributed by atoms with Gasteiger partial charge in [-0.1, -0.05) is 6.07 Å². The molecule has 0 unspecified atom stereocenters. The molecule has 7 N–H and O–H groups in total. The van der Waals surface area contributed by atoms with Crippen molar-refractivity contribution in [2.24, 2.45) is 0 Å². The normalized spacial score (nSPS) is 23.1. The highest BCUT2D eigenvalue weighted by Crippen LogP contribution is 2.32. The lowest BCUT2D eigenvalue weighted by Gasteiger charge is -2.16. The largest absolute Gasteiger partial charge is 0.398 e. The topological polar surface area (TPSA) is 205 Å². The average molecular weight is 482 g/mol. The average Bonchev–Trinajstić information content (AvgIpc) is 3.29. The number of aliphatic hydroxyl groups is 2. The predicted octanol–water partition coefficient (Wildman–Crippen LogP) is -0.955. The van der Waals surface area contributed by atoms with Crippen LogP contribution < -0.4 is 16.2 Å². The summed E-state index contributed by atoms with van der Waals surface area (Å²) in [6.45, 7) is -0.772. The number of fused-ring (bicyclic) bond motifs is 1. The number of nitrogens with one attached hydrogen (secondary N) is 1. The number of nitrogens with zero attached hydrogens (tertiary/aromatic N) is 3. The van der Waals surface area contributed by atoms with Gasteiger partial charge in [-0.2, -0.15) is 8.42 Å². The van der Waals surface area contributed by atoms with Gasteiger partial charge in [-0.25, -0.2) is 19.1 Å². The van der Waals surface area contributed by atoms with E-state index in [0.29, 0.717) is 11.2 Å². The van der Waals surface area contributed by atoms with Crippen molar-refractivity contribution >= 4 is 38.7 Å². The molecule has 0 aliphatic carbocycles. The van der Waals surface area contributed by atoms with Crippen LogP contribution in [0.15, 0.2) is 36.8 Å². The van der Waals surface area contributed by atoms with E-state index < -0.39 is 58.7 Å². The first kappa shape index (κ1) is 22.8. The molecule has 4 atom stereocenters. The third-order valence-electron chi connectivity index (χ3n) is 4.98. The van der Waals surface area contributed by atoms with Crippen molar-refractivity contribution in [1.29, 1.82) is 0 Å². The molecule has 2 aromatic heterocycles. The number of imidazole rings is 1. The smallest absolute Gasteiger partial charge is 0.362 e. The van der Waals surface area contributed by atoms with E-state index in [1.54, 1.807) is 0 Å². The third-order valence-corrected chi connectivity index (χ3v) is 5.86. The Kier molecular flexibility index (Phi) is 5.89. The molecule has 1 aliphatic heterocycles. The molecular formula is C18H19FN6O7S. The fourth-order valence-corrected chi connectivity index (χ4v) is 4.07. The van der Waals surface area contributed by atoms with Gasteiger partial charge in [0.05, 0.1) is 24.2 Å². The first-order valence-electron chi connectivity index (χ1n) is 9.43. The number of amides is 1. The van der Waals surface area contributed by atoms with E-state index in [2.05, 4.69) is 9.97 Å². The van der Waals surface area contributed by atoms with Gasteiger partial charge in [0, 0.05) is 11.9 Å². The van der Waals surface area contributed by atoms with Crippen molar-refractivity contribution in [2.45, 2.75) is 24.5 Å². The molecule has 176 valence electrons. The molecule has 0 radical (unpaired) electrons. The van der Waals surface area contributed by atoms with Crippen molar-refractivity contribution in [3.63, 3.8) is 0 Å². The van der Waals surface area contributed by atoms with E-state index in [1.165, 1.54) is 40.0 Å². The quantitative estimate of drug-likeness (QED) is 0.271. The number of aromatic nitrogens is 3. The molecular weight excluding hydrogens is 463 g/mol. The Hall–Kier alpha value is -3.37. The number of aliphatic hydroxyl groups excluding tert-OH is 2. The molecule has 15 heteroatoms. The van der Waals surface area contributed by atoms with Crippen LogP contribution in [0.5, 0.6) is 0 Å². The summed E-state index contributed by atoms with van der Waals surface area (Å²) in [5, 5.41) is 20.7. The zero-order valence-corrected chi connectivity index (χ0v) is 17.5. The van der Waals surface area contributed by atoms with Crippen LogP contribution in [-0.2, 0) is 19.2 Å². The molecule has 1 aliphatic rings. The van der Waals surface area contributed by atoms with Crippen molar-refractivity contribution in [2.75, 3.05) is 18.1 Å². The minimum Gasteiger partial charge on any atom is -0.398 e. The molecule has 1 fully saturated rings. The molecule has 0 bridgehead atoms. The molecule has 1 aromatic carbocycles. The van der Waals surface area contributed by atoms with Gasteiger partial charge in [0.2, 0.25) is 0 Å². The van der Waals surface area contributed by atoms with Crippen LogP contribution in [0.3, 0.4) is 0 Å². The third kappa shape index (κ3) is 4.31. The summed E-state index contributed by atoms with van der Waals surface area (Å²) in [5.41, 5.74) is 11.4. The lowest BCUT2D eigenvalue weighted by molar-refractivity contribution is -0.0468. The number of hydrogen-bond donors (Lipinski definition) is 5. The van der Waals surface area contributed by atoms with Crippen LogP contribution in [0.4, 0.5) is 15.8 Å². The summed E-state index contributed by atoms with van der Waals surface area (Å²) >= 11 is 0. The van der Waals surface area contributed by atoms with Crippen LogP contribution in [0.2, 0.25) is 0 Å². The first-order valence-corrected chi connectivity index (χ1v) is 10.8. The molecule has 1 saturated heterocycles. The predicted molar refractivity (Wildman–Crippen MR) is 111 cm³/mol. The van der Waals surface area contributed by atoms with Crippen molar-refractivity contribution in [3.05, 3.63) is 48.2 Å². The zero-order chi connectivity index (χ0) is 23.9. The lowest BCUT2D eigenvalue weighted by atomic mass is 10.1. The summed E-state index contributed by atoms with van der Waals surface area (Å²) in [6, 6.07) is 4.94. The Morgan fingerprint density at radius 3 is 2.70 bits per heavy atom. The minimum absolute atomic E-state index is 0.273. The van der Waals surface area contributed by atoms with Gasteiger partial charge >= 0.3 is 10.3 Å². The first-order chi connectivity index (χ1) is 15.6. The number of rotatable bonds is 6. The van der Waals surface area contributed by atoms with Crippen LogP contribution in [-0.4, -0.2) is 64.0 Å². The number of nitrogen functional groups attached to an aromatic ring is 2. The van der Waals surface area contributed by atoms with E-state index in [1.807, 2.05) is 0 Å². The van der Waals surface area contributed by atoms with Gasteiger partial charge in [-0.15, -0.1) is 0 Å². The number of ether oxygens (including phenoxy) is 1. The molecule has 0 saturated carbocycles. The number of benzene rings is 1. The lowest BCUT2D eigenvalue weighted by Crippen LogP contribution is -2.38. The molecule has 33 heavy (non-hydrogen) atoms. The molecule has 13 nitrogen and oxygen atoms in total. The van der Waals surface area contributed by atoms with Gasteiger partial charge in [0.1, 0.15) is 29.6 Å². The maximum Gasteiger partial charge on any atom is 0.362 e. The number of pyridine rings is 1. The van der Waals surface area contributed by atoms with Crippen LogP contribution in [0.1, 0.15) is 16.6 Å². The number of anilines is 2. The zero-order valence-electron chi connectivity index (χ0n) is 16.7. The van der Waals surface area contributed by atoms with E-state index in [9.17, 15) is 27.8 Å². The summed E-state index contributed by atoms with van der Waals surface area (Å²) in [4.78, 5) is 20.4. The fourth-order valence-electron chi connectivity index (χ4n) is 3.37. The Morgan fingerprint density at radius 1 is 1.21 bits per heavy atom. The Labute approximate surface area is 186 Å². The molecule has 0 spiro atoms. The maximum atomic E-state index is 13.8. The second-order valence-electron chi connectivity index (χ2n) is 7.14. The van der Waals surface area contributed by atoms with Gasteiger partial charge < -0.3 is 26.4 Å². The number of carbonyl (C=O) groups excluding carboxylic acids is 1. The van der Waals surface area contributed by atoms with Gasteiger partial charge in [-0.05, 0) is 18.2 Å². The van der Waals surface area contributed by atoms with E-state index in [-0.39, 0.29) is 11.3 Å². The van der Waals surface area contributed by atoms with Crippen LogP contribution in [0, 0.1) is 5.82 Å². The maximum absolute atomic E-state index is 13.8. The van der Waals surface area contributed by atoms with Gasteiger partial charge in [-0.3, -0.25) is 13.5 Å². The van der Waals surface area contributed by atoms with Crippen molar-refractivity contribution in [1.82, 2.24) is 19.3 Å². The second kappa shape index (κ2) is 8.53. The fraction of sp³-hybridized carbons (Fsp3) is 0.278. The van der Waals surface area contributed by atoms with Crippen LogP contribution >= 0.6 is 0 Å². The standard InChI is InChI=1S/C18H19FN6O7S/c19-8-2-1-3-9(20)12(8)17(28)24-33(29,30)31-6-11-14(26)15(27)18(32-11)25-7-23-13-10(21)4-5-22-16(13)25/h1-5,7,11,14-15,18,26-27H,6,20H2,(H2,21,22)(H,24,28)/t11-,14-,15-,18-/m1/s1.